The summed E-state index contributed by atoms with van der Waals surface area (Å²) < 4.78 is 0. The Morgan fingerprint density at radius 2 is 2.14 bits per heavy atom. The summed E-state index contributed by atoms with van der Waals surface area (Å²) in [5.74, 6) is 6.09. The number of hydrogen-bond donors (Lipinski definition) is 2. The molecule has 0 bridgehead atoms. The van der Waals surface area contributed by atoms with Crippen LogP contribution in [-0.4, -0.2) is 24.2 Å². The van der Waals surface area contributed by atoms with Gasteiger partial charge < -0.3 is 10.4 Å². The minimum Gasteiger partial charge on any atom is -0.384 e. The Balaban J connectivity index is 2.01. The molecule has 0 radical (unpaired) electrons. The van der Waals surface area contributed by atoms with Gasteiger partial charge in [0.05, 0.1) is 0 Å². The maximum Gasteiger partial charge on any atom is 0.251 e. The molecule has 112 valence electrons. The summed E-state index contributed by atoms with van der Waals surface area (Å²) in [4.78, 5) is 12.2. The van der Waals surface area contributed by atoms with Crippen LogP contribution >= 0.6 is 0 Å². The zero-order valence-corrected chi connectivity index (χ0v) is 13.0. The molecule has 1 fully saturated rings. The van der Waals surface area contributed by atoms with Gasteiger partial charge in [-0.15, -0.1) is 0 Å². The van der Waals surface area contributed by atoms with Crippen molar-refractivity contribution in [2.75, 3.05) is 13.2 Å². The van der Waals surface area contributed by atoms with Crippen LogP contribution in [0.3, 0.4) is 0 Å². The number of carbonyl (C=O) groups is 1. The minimum atomic E-state index is -0.154. The molecule has 0 atom stereocenters. The monoisotopic (exact) mass is 285 g/mol. The van der Waals surface area contributed by atoms with Gasteiger partial charge in [0.1, 0.15) is 6.61 Å². The third-order valence-corrected chi connectivity index (χ3v) is 4.51. The second-order valence-corrected chi connectivity index (χ2v) is 6.19. The first-order valence-electron chi connectivity index (χ1n) is 7.47. The molecule has 21 heavy (non-hydrogen) atoms. The topological polar surface area (TPSA) is 49.3 Å². The van der Waals surface area contributed by atoms with Gasteiger partial charge in [0.2, 0.25) is 0 Å². The predicted octanol–water partition coefficient (Wildman–Crippen LogP) is 2.50. The van der Waals surface area contributed by atoms with E-state index in [4.69, 9.17) is 5.11 Å². The Morgan fingerprint density at radius 3 is 2.67 bits per heavy atom. The molecule has 1 aliphatic carbocycles. The number of rotatable bonds is 4. The zero-order chi connectivity index (χ0) is 15.5. The highest BCUT2D eigenvalue weighted by molar-refractivity contribution is 5.94. The largest absolute Gasteiger partial charge is 0.384 e. The van der Waals surface area contributed by atoms with Crippen LogP contribution in [-0.2, 0) is 0 Å². The van der Waals surface area contributed by atoms with E-state index in [1.165, 1.54) is 12.8 Å². The number of aliphatic hydroxyl groups excluding tert-OH is 1. The number of benzene rings is 1. The number of carbonyl (C=O) groups excluding carboxylic acids is 1. The van der Waals surface area contributed by atoms with Crippen molar-refractivity contribution in [3.63, 3.8) is 0 Å². The van der Waals surface area contributed by atoms with Crippen LogP contribution in [0.5, 0.6) is 0 Å². The maximum absolute atomic E-state index is 12.2. The summed E-state index contributed by atoms with van der Waals surface area (Å²) in [6.45, 7) is 6.97. The Morgan fingerprint density at radius 1 is 1.43 bits per heavy atom. The third-order valence-electron chi connectivity index (χ3n) is 4.51. The van der Waals surface area contributed by atoms with E-state index in [2.05, 4.69) is 31.0 Å². The van der Waals surface area contributed by atoms with Gasteiger partial charge in [-0.25, -0.2) is 0 Å². The van der Waals surface area contributed by atoms with Crippen molar-refractivity contribution in [1.29, 1.82) is 0 Å². The molecule has 0 heterocycles. The number of nitrogens with one attached hydrogen (secondary N) is 1. The quantitative estimate of drug-likeness (QED) is 0.835. The zero-order valence-electron chi connectivity index (χ0n) is 13.0. The van der Waals surface area contributed by atoms with Crippen molar-refractivity contribution in [1.82, 2.24) is 5.32 Å². The molecule has 2 rings (SSSR count). The van der Waals surface area contributed by atoms with Gasteiger partial charge in [-0.1, -0.05) is 25.7 Å². The molecule has 2 N–H and O–H groups in total. The standard InChI is InChI=1S/C18H23NO2/c1-13(2)18(8-9-18)12-19-17(21)16-7-6-15(5-4-10-20)14(3)11-16/h6-7,11,13,20H,8-10,12H2,1-3H3,(H,19,21). The number of amides is 1. The Hall–Kier alpha value is -1.79. The molecular weight excluding hydrogens is 262 g/mol. The second kappa shape index (κ2) is 6.32. The highest BCUT2D eigenvalue weighted by Crippen LogP contribution is 2.51. The number of aliphatic hydroxyl groups is 1. The van der Waals surface area contributed by atoms with Gasteiger partial charge in [0.15, 0.2) is 0 Å². The van der Waals surface area contributed by atoms with Crippen LogP contribution in [0.1, 0.15) is 48.2 Å². The minimum absolute atomic E-state index is 0.0216. The highest BCUT2D eigenvalue weighted by Gasteiger charge is 2.45. The van der Waals surface area contributed by atoms with E-state index in [1.54, 1.807) is 6.07 Å². The fourth-order valence-electron chi connectivity index (χ4n) is 2.56. The fraction of sp³-hybridized carbons (Fsp3) is 0.500. The lowest BCUT2D eigenvalue weighted by Gasteiger charge is -2.20. The van der Waals surface area contributed by atoms with Gasteiger partial charge in [0, 0.05) is 17.7 Å². The van der Waals surface area contributed by atoms with Crippen molar-refractivity contribution >= 4 is 5.91 Å². The highest BCUT2D eigenvalue weighted by atomic mass is 16.2. The van der Waals surface area contributed by atoms with E-state index in [1.807, 2.05) is 19.1 Å². The third kappa shape index (κ3) is 3.65. The molecule has 0 saturated heterocycles. The van der Waals surface area contributed by atoms with Crippen molar-refractivity contribution in [3.8, 4) is 11.8 Å². The lowest BCUT2D eigenvalue weighted by Crippen LogP contribution is -2.32. The van der Waals surface area contributed by atoms with Crippen LogP contribution in [0.2, 0.25) is 0 Å². The first-order chi connectivity index (χ1) is 9.98. The molecule has 0 spiro atoms. The summed E-state index contributed by atoms with van der Waals surface area (Å²) in [6, 6.07) is 5.48. The molecule has 1 aromatic carbocycles. The van der Waals surface area contributed by atoms with Crippen LogP contribution in [0.25, 0.3) is 0 Å². The van der Waals surface area contributed by atoms with Gasteiger partial charge in [0.25, 0.3) is 5.91 Å². The molecule has 0 unspecified atom stereocenters. The Labute approximate surface area is 126 Å². The summed E-state index contributed by atoms with van der Waals surface area (Å²) in [5.41, 5.74) is 2.79. The molecule has 1 aromatic rings. The summed E-state index contributed by atoms with van der Waals surface area (Å²) in [6.07, 6.45) is 2.42. The lowest BCUT2D eigenvalue weighted by molar-refractivity contribution is 0.0939. The van der Waals surface area contributed by atoms with Crippen LogP contribution in [0.4, 0.5) is 0 Å². The summed E-state index contributed by atoms with van der Waals surface area (Å²) in [7, 11) is 0. The molecule has 1 aliphatic rings. The van der Waals surface area contributed by atoms with Crippen LogP contribution in [0, 0.1) is 30.1 Å². The lowest BCUT2D eigenvalue weighted by atomic mass is 9.92. The van der Waals surface area contributed by atoms with Crippen LogP contribution in [0.15, 0.2) is 18.2 Å². The van der Waals surface area contributed by atoms with E-state index in [-0.39, 0.29) is 12.5 Å². The summed E-state index contributed by atoms with van der Waals surface area (Å²) in [5, 5.41) is 11.8. The van der Waals surface area contributed by atoms with E-state index < -0.39 is 0 Å². The molecule has 1 saturated carbocycles. The smallest absolute Gasteiger partial charge is 0.251 e. The molecule has 0 aliphatic heterocycles. The average molecular weight is 285 g/mol. The molecular formula is C18H23NO2. The van der Waals surface area contributed by atoms with Crippen molar-refractivity contribution in [2.45, 2.75) is 33.6 Å². The molecule has 3 heteroatoms. The van der Waals surface area contributed by atoms with E-state index in [0.717, 1.165) is 17.7 Å². The second-order valence-electron chi connectivity index (χ2n) is 6.19. The van der Waals surface area contributed by atoms with E-state index in [9.17, 15) is 4.79 Å². The SMILES string of the molecule is Cc1cc(C(=O)NCC2(C(C)C)CC2)ccc1C#CCO. The Kier molecular flexibility index (Phi) is 4.69. The predicted molar refractivity (Wildman–Crippen MR) is 84.0 cm³/mol. The molecule has 3 nitrogen and oxygen atoms in total. The summed E-state index contributed by atoms with van der Waals surface area (Å²) >= 11 is 0. The van der Waals surface area contributed by atoms with Gasteiger partial charge in [-0.2, -0.15) is 0 Å². The average Bonchev–Trinajstić information content (AvgIpc) is 3.24. The molecule has 1 amide bonds. The van der Waals surface area contributed by atoms with E-state index >= 15 is 0 Å². The van der Waals surface area contributed by atoms with Gasteiger partial charge >= 0.3 is 0 Å². The van der Waals surface area contributed by atoms with Crippen molar-refractivity contribution in [2.24, 2.45) is 11.3 Å². The Bertz CT molecular complexity index is 589. The fourth-order valence-corrected chi connectivity index (χ4v) is 2.56. The maximum atomic E-state index is 12.2. The van der Waals surface area contributed by atoms with E-state index in [0.29, 0.717) is 16.9 Å². The van der Waals surface area contributed by atoms with Gasteiger partial charge in [-0.3, -0.25) is 4.79 Å². The molecule has 0 aromatic heterocycles. The van der Waals surface area contributed by atoms with Crippen molar-refractivity contribution in [3.05, 3.63) is 34.9 Å². The number of aryl methyl sites for hydroxylation is 1. The normalized spacial score (nSPS) is 15.3. The van der Waals surface area contributed by atoms with Gasteiger partial charge in [-0.05, 0) is 54.9 Å². The number of hydrogen-bond acceptors (Lipinski definition) is 2. The first-order valence-corrected chi connectivity index (χ1v) is 7.47. The van der Waals surface area contributed by atoms with Crippen molar-refractivity contribution < 1.29 is 9.90 Å². The first kappa shape index (κ1) is 15.6. The van der Waals surface area contributed by atoms with Crippen LogP contribution < -0.4 is 5.32 Å².